The van der Waals surface area contributed by atoms with Crippen molar-refractivity contribution in [1.29, 1.82) is 0 Å². The highest BCUT2D eigenvalue weighted by molar-refractivity contribution is 5.79. The standard InChI is InChI=1S/C19H37N5O/c1-3-20-19(21-10-8-14-24-13-7-9-18(24)25)22-15-17(2)16-23-11-5-4-6-12-23/h17H,3-16H2,1-2H3,(H2,20,21,22). The minimum atomic E-state index is 0.312. The summed E-state index contributed by atoms with van der Waals surface area (Å²) >= 11 is 0. The number of hydrogen-bond donors (Lipinski definition) is 2. The van der Waals surface area contributed by atoms with Crippen LogP contribution in [0.3, 0.4) is 0 Å². The molecule has 1 atom stereocenters. The molecule has 2 saturated heterocycles. The number of guanidine groups is 1. The van der Waals surface area contributed by atoms with E-state index in [-0.39, 0.29) is 0 Å². The number of aliphatic imine (C=N–C) groups is 1. The van der Waals surface area contributed by atoms with Crippen LogP contribution in [0.4, 0.5) is 0 Å². The summed E-state index contributed by atoms with van der Waals surface area (Å²) < 4.78 is 0. The van der Waals surface area contributed by atoms with Gasteiger partial charge in [0.25, 0.3) is 0 Å². The van der Waals surface area contributed by atoms with Gasteiger partial charge in [-0.15, -0.1) is 0 Å². The zero-order valence-electron chi connectivity index (χ0n) is 16.2. The molecule has 0 aromatic heterocycles. The number of hydrogen-bond acceptors (Lipinski definition) is 3. The van der Waals surface area contributed by atoms with Gasteiger partial charge in [0.15, 0.2) is 5.96 Å². The third-order valence-electron chi connectivity index (χ3n) is 4.99. The second-order valence-corrected chi connectivity index (χ2v) is 7.45. The van der Waals surface area contributed by atoms with E-state index in [0.717, 1.165) is 64.5 Å². The van der Waals surface area contributed by atoms with E-state index in [0.29, 0.717) is 11.8 Å². The number of nitrogens with zero attached hydrogens (tertiary/aromatic N) is 3. The smallest absolute Gasteiger partial charge is 0.222 e. The Hall–Kier alpha value is -1.30. The molecule has 0 aliphatic carbocycles. The lowest BCUT2D eigenvalue weighted by Gasteiger charge is -2.28. The van der Waals surface area contributed by atoms with Crippen LogP contribution in [0.15, 0.2) is 4.99 Å². The van der Waals surface area contributed by atoms with E-state index in [4.69, 9.17) is 4.99 Å². The zero-order chi connectivity index (χ0) is 17.9. The molecule has 0 radical (unpaired) electrons. The van der Waals surface area contributed by atoms with E-state index >= 15 is 0 Å². The van der Waals surface area contributed by atoms with Gasteiger partial charge in [0.05, 0.1) is 0 Å². The van der Waals surface area contributed by atoms with E-state index < -0.39 is 0 Å². The van der Waals surface area contributed by atoms with Crippen molar-refractivity contribution in [2.24, 2.45) is 10.9 Å². The molecule has 1 amide bonds. The average molecular weight is 352 g/mol. The van der Waals surface area contributed by atoms with Gasteiger partial charge in [0.1, 0.15) is 0 Å². The zero-order valence-corrected chi connectivity index (χ0v) is 16.2. The summed E-state index contributed by atoms with van der Waals surface area (Å²) in [4.78, 5) is 20.9. The quantitative estimate of drug-likeness (QED) is 0.377. The Morgan fingerprint density at radius 3 is 2.64 bits per heavy atom. The molecule has 0 saturated carbocycles. The Labute approximate surface area is 153 Å². The molecule has 6 heteroatoms. The molecule has 0 spiro atoms. The molecule has 25 heavy (non-hydrogen) atoms. The lowest BCUT2D eigenvalue weighted by Crippen LogP contribution is -2.39. The molecule has 0 aromatic rings. The normalized spacial score (nSPS) is 20.8. The number of carbonyl (C=O) groups is 1. The molecule has 6 nitrogen and oxygen atoms in total. The van der Waals surface area contributed by atoms with Crippen molar-refractivity contribution in [3.05, 3.63) is 0 Å². The molecule has 2 heterocycles. The lowest BCUT2D eigenvalue weighted by molar-refractivity contribution is -0.127. The van der Waals surface area contributed by atoms with Crippen LogP contribution in [0.5, 0.6) is 0 Å². The summed E-state index contributed by atoms with van der Waals surface area (Å²) in [5, 5.41) is 6.73. The Bertz CT molecular complexity index is 420. The van der Waals surface area contributed by atoms with Crippen molar-refractivity contribution < 1.29 is 4.79 Å². The topological polar surface area (TPSA) is 60.0 Å². The van der Waals surface area contributed by atoms with Gasteiger partial charge in [-0.25, -0.2) is 0 Å². The first kappa shape index (κ1) is 20.0. The highest BCUT2D eigenvalue weighted by Gasteiger charge is 2.19. The number of rotatable bonds is 9. The molecular weight excluding hydrogens is 314 g/mol. The van der Waals surface area contributed by atoms with Gasteiger partial charge in [-0.05, 0) is 51.6 Å². The fourth-order valence-electron chi connectivity index (χ4n) is 3.65. The third kappa shape index (κ3) is 7.63. The van der Waals surface area contributed by atoms with Crippen LogP contribution in [0.2, 0.25) is 0 Å². The minimum absolute atomic E-state index is 0.312. The molecule has 2 N–H and O–H groups in total. The summed E-state index contributed by atoms with van der Waals surface area (Å²) in [6, 6.07) is 0. The van der Waals surface area contributed by atoms with E-state index in [9.17, 15) is 4.79 Å². The van der Waals surface area contributed by atoms with Crippen molar-refractivity contribution in [3.63, 3.8) is 0 Å². The Balaban J connectivity index is 1.65. The molecule has 0 bridgehead atoms. The molecule has 2 fully saturated rings. The van der Waals surface area contributed by atoms with Crippen molar-refractivity contribution in [1.82, 2.24) is 20.4 Å². The van der Waals surface area contributed by atoms with Crippen LogP contribution in [-0.4, -0.2) is 74.0 Å². The molecule has 144 valence electrons. The van der Waals surface area contributed by atoms with Gasteiger partial charge in [0.2, 0.25) is 5.91 Å². The first-order valence-corrected chi connectivity index (χ1v) is 10.2. The molecule has 2 aliphatic heterocycles. The monoisotopic (exact) mass is 351 g/mol. The lowest BCUT2D eigenvalue weighted by atomic mass is 10.1. The maximum atomic E-state index is 11.6. The van der Waals surface area contributed by atoms with E-state index in [1.807, 2.05) is 4.90 Å². The summed E-state index contributed by atoms with van der Waals surface area (Å²) in [6.45, 7) is 12.4. The number of carbonyl (C=O) groups excluding carboxylic acids is 1. The van der Waals surface area contributed by atoms with Gasteiger partial charge < -0.3 is 20.4 Å². The maximum Gasteiger partial charge on any atom is 0.222 e. The van der Waals surface area contributed by atoms with Crippen LogP contribution in [0.1, 0.15) is 52.4 Å². The number of nitrogens with one attached hydrogen (secondary N) is 2. The SMILES string of the molecule is CCNC(=NCC(C)CN1CCCCC1)NCCCN1CCCC1=O. The van der Waals surface area contributed by atoms with Gasteiger partial charge in [-0.2, -0.15) is 0 Å². The number of piperidine rings is 1. The van der Waals surface area contributed by atoms with Gasteiger partial charge in [-0.1, -0.05) is 13.3 Å². The fourth-order valence-corrected chi connectivity index (χ4v) is 3.65. The Kier molecular flexibility index (Phi) is 9.08. The van der Waals surface area contributed by atoms with Crippen molar-refractivity contribution in [3.8, 4) is 0 Å². The second kappa shape index (κ2) is 11.3. The third-order valence-corrected chi connectivity index (χ3v) is 4.99. The highest BCUT2D eigenvalue weighted by Crippen LogP contribution is 2.11. The van der Waals surface area contributed by atoms with Gasteiger partial charge >= 0.3 is 0 Å². The first-order chi connectivity index (χ1) is 12.2. The van der Waals surface area contributed by atoms with Gasteiger partial charge in [-0.3, -0.25) is 9.79 Å². The predicted octanol–water partition coefficient (Wildman–Crippen LogP) is 1.68. The van der Waals surface area contributed by atoms with Crippen molar-refractivity contribution in [2.45, 2.75) is 52.4 Å². The van der Waals surface area contributed by atoms with Crippen LogP contribution >= 0.6 is 0 Å². The van der Waals surface area contributed by atoms with Crippen LogP contribution in [0, 0.1) is 5.92 Å². The van der Waals surface area contributed by atoms with E-state index in [2.05, 4.69) is 29.4 Å². The minimum Gasteiger partial charge on any atom is -0.357 e. The molecular formula is C19H37N5O. The summed E-state index contributed by atoms with van der Waals surface area (Å²) in [5.74, 6) is 1.80. The maximum absolute atomic E-state index is 11.6. The first-order valence-electron chi connectivity index (χ1n) is 10.2. The number of likely N-dealkylation sites (tertiary alicyclic amines) is 2. The van der Waals surface area contributed by atoms with E-state index in [1.54, 1.807) is 0 Å². The molecule has 0 aromatic carbocycles. The Morgan fingerprint density at radius 2 is 1.96 bits per heavy atom. The molecule has 2 rings (SSSR count). The van der Waals surface area contributed by atoms with Crippen molar-refractivity contribution >= 4 is 11.9 Å². The number of amides is 1. The summed E-state index contributed by atoms with van der Waals surface area (Å²) in [7, 11) is 0. The molecule has 2 aliphatic rings. The second-order valence-electron chi connectivity index (χ2n) is 7.45. The summed E-state index contributed by atoms with van der Waals surface area (Å²) in [5.41, 5.74) is 0. The van der Waals surface area contributed by atoms with Gasteiger partial charge in [0, 0.05) is 45.7 Å². The molecule has 1 unspecified atom stereocenters. The largest absolute Gasteiger partial charge is 0.357 e. The van der Waals surface area contributed by atoms with Crippen LogP contribution in [-0.2, 0) is 4.79 Å². The van der Waals surface area contributed by atoms with E-state index in [1.165, 1.54) is 32.4 Å². The summed E-state index contributed by atoms with van der Waals surface area (Å²) in [6.07, 6.45) is 6.80. The average Bonchev–Trinajstić information content (AvgIpc) is 3.02. The highest BCUT2D eigenvalue weighted by atomic mass is 16.2. The Morgan fingerprint density at radius 1 is 1.16 bits per heavy atom. The van der Waals surface area contributed by atoms with Crippen LogP contribution in [0.25, 0.3) is 0 Å². The predicted molar refractivity (Wildman–Crippen MR) is 104 cm³/mol. The fraction of sp³-hybridized carbons (Fsp3) is 0.895. The van der Waals surface area contributed by atoms with Crippen molar-refractivity contribution in [2.75, 3.05) is 52.4 Å². The van der Waals surface area contributed by atoms with Crippen LogP contribution < -0.4 is 10.6 Å².